The maximum Gasteiger partial charge on any atom is 0.0217 e. The van der Waals surface area contributed by atoms with E-state index in [1.807, 2.05) is 0 Å². The highest BCUT2D eigenvalue weighted by molar-refractivity contribution is 4.99. The van der Waals surface area contributed by atoms with Gasteiger partial charge in [0.2, 0.25) is 0 Å². The van der Waals surface area contributed by atoms with Crippen LogP contribution in [-0.4, -0.2) is 30.6 Å². The molecular formula is C12H24N2. The van der Waals surface area contributed by atoms with E-state index in [0.29, 0.717) is 0 Å². The quantitative estimate of drug-likeness (QED) is 0.685. The molecular weight excluding hydrogens is 172 g/mol. The third-order valence-corrected chi connectivity index (χ3v) is 3.13. The third kappa shape index (κ3) is 3.43. The number of hydrogen-bond donors (Lipinski definition) is 1. The van der Waals surface area contributed by atoms with Gasteiger partial charge in [0.1, 0.15) is 0 Å². The number of rotatable bonds is 2. The molecule has 1 heterocycles. The number of nitrogens with zero attached hydrogens (tertiary/aromatic N) is 1. The topological polar surface area (TPSA) is 29.3 Å². The molecule has 1 fully saturated rings. The summed E-state index contributed by atoms with van der Waals surface area (Å²) in [6.07, 6.45) is 2.30. The zero-order valence-electron chi connectivity index (χ0n) is 9.84. The fraction of sp³-hybridized carbons (Fsp3) is 0.833. The first-order valence-corrected chi connectivity index (χ1v) is 5.54. The summed E-state index contributed by atoms with van der Waals surface area (Å²) in [6, 6.07) is 0.272. The van der Waals surface area contributed by atoms with E-state index in [-0.39, 0.29) is 11.5 Å². The number of piperidine rings is 1. The molecule has 2 N–H and O–H groups in total. The van der Waals surface area contributed by atoms with Crippen molar-refractivity contribution in [1.82, 2.24) is 4.90 Å². The second-order valence-corrected chi connectivity index (χ2v) is 5.52. The Hall–Kier alpha value is -0.340. The first kappa shape index (κ1) is 11.7. The van der Waals surface area contributed by atoms with Crippen molar-refractivity contribution in [1.29, 1.82) is 0 Å². The van der Waals surface area contributed by atoms with E-state index in [2.05, 4.69) is 32.3 Å². The smallest absolute Gasteiger partial charge is 0.0217 e. The van der Waals surface area contributed by atoms with Crippen molar-refractivity contribution in [2.75, 3.05) is 19.6 Å². The lowest BCUT2D eigenvalue weighted by Crippen LogP contribution is -2.46. The standard InChI is InChI=1S/C12H24N2/c1-10-5-7-14(8-6-10)9-11(13)12(2,3)4/h11H,1,5-9,13H2,2-4H3. The van der Waals surface area contributed by atoms with Crippen LogP contribution in [0.25, 0.3) is 0 Å². The summed E-state index contributed by atoms with van der Waals surface area (Å²) in [7, 11) is 0. The molecule has 1 saturated heterocycles. The minimum absolute atomic E-state index is 0.217. The van der Waals surface area contributed by atoms with Gasteiger partial charge in [-0.25, -0.2) is 0 Å². The predicted octanol–water partition coefficient (Wildman–Crippen LogP) is 2.01. The van der Waals surface area contributed by atoms with Crippen LogP contribution >= 0.6 is 0 Å². The summed E-state index contributed by atoms with van der Waals surface area (Å²) >= 11 is 0. The molecule has 0 spiro atoms. The second kappa shape index (κ2) is 4.45. The summed E-state index contributed by atoms with van der Waals surface area (Å²) < 4.78 is 0. The number of likely N-dealkylation sites (tertiary alicyclic amines) is 1. The Morgan fingerprint density at radius 1 is 1.36 bits per heavy atom. The van der Waals surface area contributed by atoms with E-state index in [0.717, 1.165) is 32.5 Å². The molecule has 0 aliphatic carbocycles. The highest BCUT2D eigenvalue weighted by Gasteiger charge is 2.24. The van der Waals surface area contributed by atoms with E-state index in [4.69, 9.17) is 5.73 Å². The van der Waals surface area contributed by atoms with Crippen LogP contribution < -0.4 is 5.73 Å². The van der Waals surface area contributed by atoms with Crippen molar-refractivity contribution >= 4 is 0 Å². The summed E-state index contributed by atoms with van der Waals surface area (Å²) in [5, 5.41) is 0. The molecule has 1 aliphatic heterocycles. The van der Waals surface area contributed by atoms with Gasteiger partial charge < -0.3 is 10.6 Å². The average molecular weight is 196 g/mol. The molecule has 14 heavy (non-hydrogen) atoms. The van der Waals surface area contributed by atoms with Crippen LogP contribution in [0.4, 0.5) is 0 Å². The van der Waals surface area contributed by atoms with Gasteiger partial charge in [0, 0.05) is 25.7 Å². The lowest BCUT2D eigenvalue weighted by atomic mass is 9.87. The fourth-order valence-electron chi connectivity index (χ4n) is 1.60. The minimum atomic E-state index is 0.217. The predicted molar refractivity (Wildman–Crippen MR) is 62.2 cm³/mol. The van der Waals surface area contributed by atoms with Crippen molar-refractivity contribution in [2.45, 2.75) is 39.7 Å². The third-order valence-electron chi connectivity index (χ3n) is 3.13. The van der Waals surface area contributed by atoms with Gasteiger partial charge in [-0.3, -0.25) is 0 Å². The number of hydrogen-bond acceptors (Lipinski definition) is 2. The van der Waals surface area contributed by atoms with E-state index in [1.54, 1.807) is 0 Å². The average Bonchev–Trinajstić information content (AvgIpc) is 2.07. The van der Waals surface area contributed by atoms with E-state index in [9.17, 15) is 0 Å². The highest BCUT2D eigenvalue weighted by atomic mass is 15.1. The Morgan fingerprint density at radius 3 is 2.29 bits per heavy atom. The summed E-state index contributed by atoms with van der Waals surface area (Å²) in [5.41, 5.74) is 7.76. The molecule has 0 saturated carbocycles. The van der Waals surface area contributed by atoms with Gasteiger partial charge >= 0.3 is 0 Å². The maximum atomic E-state index is 6.15. The molecule has 2 nitrogen and oxygen atoms in total. The molecule has 1 aliphatic rings. The molecule has 0 bridgehead atoms. The van der Waals surface area contributed by atoms with Crippen LogP contribution in [0, 0.1) is 5.41 Å². The van der Waals surface area contributed by atoms with E-state index < -0.39 is 0 Å². The molecule has 2 heteroatoms. The Kier molecular flexibility index (Phi) is 3.73. The maximum absolute atomic E-state index is 6.15. The van der Waals surface area contributed by atoms with Gasteiger partial charge in [0.05, 0.1) is 0 Å². The van der Waals surface area contributed by atoms with Crippen LogP contribution in [0.1, 0.15) is 33.6 Å². The lowest BCUT2D eigenvalue weighted by molar-refractivity contribution is 0.189. The molecule has 0 aromatic rings. The normalized spacial score (nSPS) is 22.4. The SMILES string of the molecule is C=C1CCN(CC(N)C(C)(C)C)CC1. The molecule has 0 radical (unpaired) electrons. The minimum Gasteiger partial charge on any atom is -0.326 e. The van der Waals surface area contributed by atoms with Crippen molar-refractivity contribution in [3.8, 4) is 0 Å². The Bertz CT molecular complexity index is 193. The van der Waals surface area contributed by atoms with Gasteiger partial charge in [-0.1, -0.05) is 32.9 Å². The zero-order valence-corrected chi connectivity index (χ0v) is 9.84. The molecule has 1 atom stereocenters. The number of nitrogens with two attached hydrogens (primary N) is 1. The van der Waals surface area contributed by atoms with E-state index in [1.165, 1.54) is 5.57 Å². The van der Waals surface area contributed by atoms with Crippen molar-refractivity contribution in [3.05, 3.63) is 12.2 Å². The molecule has 1 unspecified atom stereocenters. The first-order chi connectivity index (χ1) is 6.39. The Morgan fingerprint density at radius 2 is 1.86 bits per heavy atom. The van der Waals surface area contributed by atoms with Gasteiger partial charge in [-0.05, 0) is 18.3 Å². The monoisotopic (exact) mass is 196 g/mol. The fourth-order valence-corrected chi connectivity index (χ4v) is 1.60. The molecule has 1 rings (SSSR count). The van der Waals surface area contributed by atoms with Gasteiger partial charge in [0.25, 0.3) is 0 Å². The second-order valence-electron chi connectivity index (χ2n) is 5.52. The highest BCUT2D eigenvalue weighted by Crippen LogP contribution is 2.20. The Labute approximate surface area is 88.2 Å². The zero-order chi connectivity index (χ0) is 10.8. The lowest BCUT2D eigenvalue weighted by Gasteiger charge is -2.35. The van der Waals surface area contributed by atoms with Crippen LogP contribution in [0.3, 0.4) is 0 Å². The van der Waals surface area contributed by atoms with Crippen molar-refractivity contribution in [2.24, 2.45) is 11.1 Å². The first-order valence-electron chi connectivity index (χ1n) is 5.54. The largest absolute Gasteiger partial charge is 0.326 e. The van der Waals surface area contributed by atoms with Crippen LogP contribution in [0.15, 0.2) is 12.2 Å². The van der Waals surface area contributed by atoms with Crippen molar-refractivity contribution in [3.63, 3.8) is 0 Å². The molecule has 82 valence electrons. The Balaban J connectivity index is 2.34. The molecule has 0 aromatic carbocycles. The van der Waals surface area contributed by atoms with Crippen molar-refractivity contribution < 1.29 is 0 Å². The van der Waals surface area contributed by atoms with E-state index >= 15 is 0 Å². The molecule has 0 amide bonds. The van der Waals surface area contributed by atoms with Gasteiger partial charge in [-0.15, -0.1) is 0 Å². The van der Waals surface area contributed by atoms with Crippen LogP contribution in [0.2, 0.25) is 0 Å². The molecule has 0 aromatic heterocycles. The van der Waals surface area contributed by atoms with Gasteiger partial charge in [0.15, 0.2) is 0 Å². The van der Waals surface area contributed by atoms with Crippen LogP contribution in [0.5, 0.6) is 0 Å². The summed E-state index contributed by atoms with van der Waals surface area (Å²) in [4.78, 5) is 2.46. The van der Waals surface area contributed by atoms with Gasteiger partial charge in [-0.2, -0.15) is 0 Å². The van der Waals surface area contributed by atoms with Crippen LogP contribution in [-0.2, 0) is 0 Å². The summed E-state index contributed by atoms with van der Waals surface area (Å²) in [6.45, 7) is 14.0. The summed E-state index contributed by atoms with van der Waals surface area (Å²) in [5.74, 6) is 0.